The van der Waals surface area contributed by atoms with Crippen molar-refractivity contribution < 1.29 is 47.2 Å². The van der Waals surface area contributed by atoms with Crippen molar-refractivity contribution in [3.8, 4) is 11.1 Å². The molecule has 0 aliphatic heterocycles. The molecule has 161 valence electrons. The molecule has 0 aromatic heterocycles. The van der Waals surface area contributed by atoms with Crippen LogP contribution in [0.1, 0.15) is 68.3 Å². The largest absolute Gasteiger partial charge is 1.00 e. The van der Waals surface area contributed by atoms with Crippen molar-refractivity contribution in [1.82, 2.24) is 0 Å². The van der Waals surface area contributed by atoms with Crippen LogP contribution in [0.5, 0.6) is 0 Å². The summed E-state index contributed by atoms with van der Waals surface area (Å²) in [6.07, 6.45) is 1.27. The zero-order valence-electron chi connectivity index (χ0n) is 19.7. The number of benzene rings is 2. The fourth-order valence-corrected chi connectivity index (χ4v) is 13.4. The molecular formula is C26H35Cl2SiZr. The second-order valence-electron chi connectivity index (χ2n) is 9.92. The topological polar surface area (TPSA) is 0 Å². The van der Waals surface area contributed by atoms with Gasteiger partial charge in [0.05, 0.1) is 0 Å². The van der Waals surface area contributed by atoms with Crippen molar-refractivity contribution in [2.75, 3.05) is 0 Å². The van der Waals surface area contributed by atoms with Crippen molar-refractivity contribution in [3.05, 3.63) is 64.7 Å². The summed E-state index contributed by atoms with van der Waals surface area (Å²) in [4.78, 5) is 0. The summed E-state index contributed by atoms with van der Waals surface area (Å²) in [5.41, 5.74) is 11.0. The number of fused-ring (bicyclic) bond motifs is 1. The first-order valence-corrected chi connectivity index (χ1v) is 18.2. The number of allylic oxidation sites excluding steroid dienone is 2. The summed E-state index contributed by atoms with van der Waals surface area (Å²) < 4.78 is 0.804. The molecule has 0 heterocycles. The van der Waals surface area contributed by atoms with Crippen LogP contribution in [-0.2, 0) is 27.8 Å². The maximum absolute atomic E-state index is 2.53. The predicted molar refractivity (Wildman–Crippen MR) is 123 cm³/mol. The molecule has 0 saturated heterocycles. The Kier molecular flexibility index (Phi) is 10.3. The van der Waals surface area contributed by atoms with Crippen LogP contribution in [0.4, 0.5) is 0 Å². The van der Waals surface area contributed by atoms with Gasteiger partial charge in [0.2, 0.25) is 0 Å². The van der Waals surface area contributed by atoms with Crippen molar-refractivity contribution in [1.29, 1.82) is 0 Å². The molecular weight excluding hydrogens is 503 g/mol. The van der Waals surface area contributed by atoms with E-state index < -0.39 is 22.4 Å². The van der Waals surface area contributed by atoms with Crippen LogP contribution in [0, 0.1) is 5.92 Å². The van der Waals surface area contributed by atoms with Crippen molar-refractivity contribution >= 4 is 11.5 Å². The number of halogens is 2. The molecule has 0 nitrogen and oxygen atoms in total. The Balaban J connectivity index is 0.00000225. The van der Waals surface area contributed by atoms with Gasteiger partial charge in [-0.25, -0.2) is 0 Å². The molecule has 0 fully saturated rings. The minimum absolute atomic E-state index is 0. The van der Waals surface area contributed by atoms with E-state index in [2.05, 4.69) is 97.1 Å². The number of hydrogen-bond acceptors (Lipinski definition) is 0. The summed E-state index contributed by atoms with van der Waals surface area (Å²) in [5, 5.41) is 0. The average molecular weight is 538 g/mol. The molecule has 2 aromatic rings. The van der Waals surface area contributed by atoms with Crippen LogP contribution in [0.2, 0.25) is 13.1 Å². The van der Waals surface area contributed by atoms with E-state index in [9.17, 15) is 0 Å². The normalized spacial score (nSPS) is 15.6. The second-order valence-corrected chi connectivity index (χ2v) is 23.1. The monoisotopic (exact) mass is 535 g/mol. The fourth-order valence-electron chi connectivity index (χ4n) is 4.35. The third-order valence-electron chi connectivity index (χ3n) is 5.74. The first kappa shape index (κ1) is 27.9. The summed E-state index contributed by atoms with van der Waals surface area (Å²) in [6, 6.07) is 16.4. The van der Waals surface area contributed by atoms with Gasteiger partial charge in [-0.3, -0.25) is 0 Å². The van der Waals surface area contributed by atoms with E-state index in [0.717, 1.165) is 9.54 Å². The quantitative estimate of drug-likeness (QED) is 0.511. The summed E-state index contributed by atoms with van der Waals surface area (Å²) >= 11 is -0.407. The van der Waals surface area contributed by atoms with E-state index >= 15 is 0 Å². The molecule has 0 spiro atoms. The Morgan fingerprint density at radius 2 is 1.57 bits per heavy atom. The van der Waals surface area contributed by atoms with E-state index in [4.69, 9.17) is 0 Å². The molecule has 1 radical (unpaired) electrons. The molecule has 0 N–H and O–H groups in total. The van der Waals surface area contributed by atoms with E-state index in [1.165, 1.54) is 23.1 Å². The molecule has 0 amide bonds. The van der Waals surface area contributed by atoms with Gasteiger partial charge in [0.25, 0.3) is 0 Å². The third kappa shape index (κ3) is 6.00. The fraction of sp³-hybridized carbons (Fsp3) is 0.462. The molecule has 1 aliphatic carbocycles. The summed E-state index contributed by atoms with van der Waals surface area (Å²) in [6.45, 7) is 19.1. The Bertz CT molecular complexity index is 877. The molecule has 0 saturated carbocycles. The first-order valence-electron chi connectivity index (χ1n) is 10.6. The second kappa shape index (κ2) is 11.1. The molecule has 3 rings (SSSR count). The van der Waals surface area contributed by atoms with Gasteiger partial charge in [-0.1, -0.05) is 0 Å². The zero-order valence-corrected chi connectivity index (χ0v) is 24.6. The Hall–Kier alpha value is -0.140. The molecule has 4 heteroatoms. The Morgan fingerprint density at radius 1 is 0.967 bits per heavy atom. The Morgan fingerprint density at radius 3 is 2.07 bits per heavy atom. The number of hydrogen-bond donors (Lipinski definition) is 0. The summed E-state index contributed by atoms with van der Waals surface area (Å²) in [5.74, 6) is 0.623. The Labute approximate surface area is 209 Å². The molecule has 30 heavy (non-hydrogen) atoms. The van der Waals surface area contributed by atoms with E-state index in [0.29, 0.717) is 0 Å². The van der Waals surface area contributed by atoms with Gasteiger partial charge in [0, 0.05) is 0 Å². The smallest absolute Gasteiger partial charge is 1.00 e. The van der Waals surface area contributed by atoms with Gasteiger partial charge in [-0.15, -0.1) is 0 Å². The number of rotatable bonds is 5. The third-order valence-corrected chi connectivity index (χ3v) is 14.6. The minimum atomic E-state index is -0.407. The minimum Gasteiger partial charge on any atom is -1.00 e. The molecule has 0 bridgehead atoms. The molecule has 1 unspecified atom stereocenters. The van der Waals surface area contributed by atoms with Crippen molar-refractivity contribution in [2.24, 2.45) is 5.92 Å². The predicted octanol–water partition coefficient (Wildman–Crippen LogP) is 1.87. The van der Waals surface area contributed by atoms with Gasteiger partial charge in [-0.2, -0.15) is 0 Å². The van der Waals surface area contributed by atoms with Crippen LogP contribution in [0.15, 0.2) is 48.0 Å². The first-order chi connectivity index (χ1) is 13.1. The van der Waals surface area contributed by atoms with Gasteiger partial charge in [0.15, 0.2) is 0 Å². The molecule has 1 atom stereocenters. The van der Waals surface area contributed by atoms with Crippen LogP contribution in [0.25, 0.3) is 16.7 Å². The van der Waals surface area contributed by atoms with E-state index in [1.807, 2.05) is 0 Å². The van der Waals surface area contributed by atoms with Crippen LogP contribution in [-0.4, -0.2) is 5.92 Å². The van der Waals surface area contributed by atoms with Gasteiger partial charge >= 0.3 is 186 Å². The van der Waals surface area contributed by atoms with Gasteiger partial charge in [-0.05, 0) is 0 Å². The maximum Gasteiger partial charge on any atom is -1.00 e. The van der Waals surface area contributed by atoms with Crippen LogP contribution in [0.3, 0.4) is 0 Å². The van der Waals surface area contributed by atoms with Crippen LogP contribution >= 0.6 is 0 Å². The van der Waals surface area contributed by atoms with E-state index in [-0.39, 0.29) is 36.2 Å². The molecule has 2 aromatic carbocycles. The van der Waals surface area contributed by atoms with Crippen molar-refractivity contribution in [3.63, 3.8) is 0 Å². The SMILES string of the molecule is CC1=C(CC(C)C)[CH]([Zr+2][Si](C)C)c2cccc(-c3ccc(C(C)(C)C)cc3)c21.[Cl-].[Cl-]. The molecule has 1 aliphatic rings. The van der Waals surface area contributed by atoms with E-state index in [1.54, 1.807) is 22.3 Å². The maximum atomic E-state index is 2.53. The summed E-state index contributed by atoms with van der Waals surface area (Å²) in [7, 11) is 0. The standard InChI is InChI=1S/C24H29.C2H6Si.2ClH.Zr/c1-16(2)14-20-15-19-8-7-9-22(23(19)17(20)3)18-10-12-21(13-11-18)24(4,5)6;1-3-2;;;/h7-13,15-16H,14H2,1-6H3;1-2H3;2*1H;/q;;;;+2/p-2. The average Bonchev–Trinajstić information content (AvgIpc) is 2.86. The van der Waals surface area contributed by atoms with Gasteiger partial charge in [0.1, 0.15) is 0 Å². The van der Waals surface area contributed by atoms with Crippen LogP contribution < -0.4 is 24.8 Å². The zero-order chi connectivity index (χ0) is 20.6. The van der Waals surface area contributed by atoms with Gasteiger partial charge < -0.3 is 24.8 Å². The van der Waals surface area contributed by atoms with Crippen molar-refractivity contribution in [2.45, 2.75) is 70.1 Å².